The van der Waals surface area contributed by atoms with E-state index in [4.69, 9.17) is 14.3 Å². The molecular formula is C14H19NO4. The summed E-state index contributed by atoms with van der Waals surface area (Å²) in [5.74, 6) is 0.250. The van der Waals surface area contributed by atoms with Crippen LogP contribution in [0.4, 0.5) is 0 Å². The van der Waals surface area contributed by atoms with Crippen molar-refractivity contribution in [3.05, 3.63) is 29.8 Å². The van der Waals surface area contributed by atoms with Crippen molar-refractivity contribution in [2.24, 2.45) is 0 Å². The van der Waals surface area contributed by atoms with Gasteiger partial charge in [-0.1, -0.05) is 12.1 Å². The fourth-order valence-corrected chi connectivity index (χ4v) is 1.93. The molecule has 1 aliphatic heterocycles. The standard InChI is InChI=1S/C14H19NO4/c1-2-19-15-14(16)12-7-3-4-8-13(12)18-10-11-6-5-9-17-11/h3-4,7-8,11H,2,5-6,9-10H2,1H3,(H,15,16)/t11-/m0/s1. The lowest BCUT2D eigenvalue weighted by Gasteiger charge is -2.14. The first-order valence-corrected chi connectivity index (χ1v) is 6.57. The van der Waals surface area contributed by atoms with Crippen molar-refractivity contribution in [2.45, 2.75) is 25.9 Å². The molecule has 104 valence electrons. The van der Waals surface area contributed by atoms with Crippen molar-refractivity contribution in [3.8, 4) is 5.75 Å². The molecule has 0 aromatic heterocycles. The number of carbonyl (C=O) groups excluding carboxylic acids is 1. The SMILES string of the molecule is CCONC(=O)c1ccccc1OC[C@@H]1CCCO1. The Bertz CT molecular complexity index is 416. The van der Waals surface area contributed by atoms with Crippen LogP contribution in [0.1, 0.15) is 30.1 Å². The Labute approximate surface area is 112 Å². The van der Waals surface area contributed by atoms with Gasteiger partial charge < -0.3 is 9.47 Å². The zero-order valence-electron chi connectivity index (χ0n) is 11.1. The van der Waals surface area contributed by atoms with Crippen molar-refractivity contribution in [3.63, 3.8) is 0 Å². The van der Waals surface area contributed by atoms with Crippen LogP contribution in [0, 0.1) is 0 Å². The van der Waals surface area contributed by atoms with Gasteiger partial charge in [-0.15, -0.1) is 0 Å². The summed E-state index contributed by atoms with van der Waals surface area (Å²) >= 11 is 0. The molecule has 0 unspecified atom stereocenters. The minimum atomic E-state index is -0.301. The number of hydroxylamine groups is 1. The lowest BCUT2D eigenvalue weighted by molar-refractivity contribution is 0.0356. The highest BCUT2D eigenvalue weighted by atomic mass is 16.6. The van der Waals surface area contributed by atoms with Gasteiger partial charge in [0.2, 0.25) is 0 Å². The van der Waals surface area contributed by atoms with Crippen LogP contribution in [-0.4, -0.2) is 31.8 Å². The summed E-state index contributed by atoms with van der Waals surface area (Å²) < 4.78 is 11.2. The van der Waals surface area contributed by atoms with E-state index >= 15 is 0 Å². The number of rotatable bonds is 6. The molecule has 2 rings (SSSR count). The molecule has 1 aliphatic rings. The van der Waals surface area contributed by atoms with Crippen molar-refractivity contribution >= 4 is 5.91 Å². The molecule has 0 bridgehead atoms. The second-order valence-electron chi connectivity index (χ2n) is 4.31. The maximum atomic E-state index is 11.9. The van der Waals surface area contributed by atoms with Gasteiger partial charge in [-0.25, -0.2) is 5.48 Å². The van der Waals surface area contributed by atoms with Crippen LogP contribution in [0.5, 0.6) is 5.75 Å². The van der Waals surface area contributed by atoms with Crippen molar-refractivity contribution in [1.29, 1.82) is 0 Å². The van der Waals surface area contributed by atoms with Crippen LogP contribution in [-0.2, 0) is 9.57 Å². The predicted octanol–water partition coefficient (Wildman–Crippen LogP) is 1.93. The lowest BCUT2D eigenvalue weighted by Crippen LogP contribution is -2.25. The van der Waals surface area contributed by atoms with E-state index in [0.29, 0.717) is 24.5 Å². The third-order valence-electron chi connectivity index (χ3n) is 2.89. The van der Waals surface area contributed by atoms with E-state index in [1.54, 1.807) is 25.1 Å². The van der Waals surface area contributed by atoms with Gasteiger partial charge in [0.1, 0.15) is 12.4 Å². The van der Waals surface area contributed by atoms with E-state index in [-0.39, 0.29) is 12.0 Å². The van der Waals surface area contributed by atoms with E-state index in [2.05, 4.69) is 5.48 Å². The third-order valence-corrected chi connectivity index (χ3v) is 2.89. The minimum absolute atomic E-state index is 0.128. The number of hydrogen-bond donors (Lipinski definition) is 1. The number of hydrogen-bond acceptors (Lipinski definition) is 4. The van der Waals surface area contributed by atoms with Crippen LogP contribution in [0.25, 0.3) is 0 Å². The average molecular weight is 265 g/mol. The number of nitrogens with one attached hydrogen (secondary N) is 1. The van der Waals surface area contributed by atoms with Crippen molar-refractivity contribution < 1.29 is 19.1 Å². The number of para-hydroxylation sites is 1. The highest BCUT2D eigenvalue weighted by molar-refractivity contribution is 5.96. The molecule has 0 saturated carbocycles. The largest absolute Gasteiger partial charge is 0.490 e. The topological polar surface area (TPSA) is 56.8 Å². The van der Waals surface area contributed by atoms with E-state index in [1.807, 2.05) is 6.07 Å². The van der Waals surface area contributed by atoms with Crippen LogP contribution in [0.2, 0.25) is 0 Å². The molecular weight excluding hydrogens is 246 g/mol. The Morgan fingerprint density at radius 3 is 3.05 bits per heavy atom. The molecule has 0 spiro atoms. The van der Waals surface area contributed by atoms with Gasteiger partial charge in [-0.05, 0) is 31.9 Å². The van der Waals surface area contributed by atoms with E-state index in [0.717, 1.165) is 19.4 Å². The first kappa shape index (κ1) is 13.8. The Kier molecular flexibility index (Phi) is 5.18. The molecule has 19 heavy (non-hydrogen) atoms. The molecule has 1 N–H and O–H groups in total. The second-order valence-corrected chi connectivity index (χ2v) is 4.31. The first-order chi connectivity index (χ1) is 9.31. The smallest absolute Gasteiger partial charge is 0.278 e. The van der Waals surface area contributed by atoms with Gasteiger partial charge in [-0.2, -0.15) is 0 Å². The molecule has 0 aliphatic carbocycles. The summed E-state index contributed by atoms with van der Waals surface area (Å²) in [5, 5.41) is 0. The van der Waals surface area contributed by atoms with Crippen molar-refractivity contribution in [2.75, 3.05) is 19.8 Å². The Balaban J connectivity index is 1.96. The van der Waals surface area contributed by atoms with Gasteiger partial charge in [0.15, 0.2) is 0 Å². The third kappa shape index (κ3) is 3.94. The lowest BCUT2D eigenvalue weighted by atomic mass is 10.2. The number of carbonyl (C=O) groups is 1. The molecule has 1 aromatic rings. The van der Waals surface area contributed by atoms with Crippen LogP contribution < -0.4 is 10.2 Å². The summed E-state index contributed by atoms with van der Waals surface area (Å²) in [5.41, 5.74) is 2.83. The van der Waals surface area contributed by atoms with Crippen LogP contribution >= 0.6 is 0 Å². The van der Waals surface area contributed by atoms with Crippen LogP contribution in [0.15, 0.2) is 24.3 Å². The second kappa shape index (κ2) is 7.11. The summed E-state index contributed by atoms with van der Waals surface area (Å²) in [6.45, 7) is 3.49. The summed E-state index contributed by atoms with van der Waals surface area (Å²) in [6, 6.07) is 7.11. The molecule has 5 heteroatoms. The monoisotopic (exact) mass is 265 g/mol. The van der Waals surface area contributed by atoms with E-state index < -0.39 is 0 Å². The Hall–Kier alpha value is -1.59. The van der Waals surface area contributed by atoms with Crippen molar-refractivity contribution in [1.82, 2.24) is 5.48 Å². The zero-order chi connectivity index (χ0) is 13.5. The summed E-state index contributed by atoms with van der Waals surface area (Å²) in [4.78, 5) is 16.8. The maximum Gasteiger partial charge on any atom is 0.278 e. The molecule has 1 heterocycles. The zero-order valence-corrected chi connectivity index (χ0v) is 11.1. The molecule has 1 saturated heterocycles. The molecule has 0 radical (unpaired) electrons. The fourth-order valence-electron chi connectivity index (χ4n) is 1.93. The fraction of sp³-hybridized carbons (Fsp3) is 0.500. The highest BCUT2D eigenvalue weighted by Crippen LogP contribution is 2.20. The quantitative estimate of drug-likeness (QED) is 0.798. The van der Waals surface area contributed by atoms with Gasteiger partial charge >= 0.3 is 0 Å². The van der Waals surface area contributed by atoms with E-state index in [9.17, 15) is 4.79 Å². The Morgan fingerprint density at radius 1 is 1.47 bits per heavy atom. The summed E-state index contributed by atoms with van der Waals surface area (Å²) in [7, 11) is 0. The molecule has 1 atom stereocenters. The minimum Gasteiger partial charge on any atom is -0.490 e. The number of benzene rings is 1. The van der Waals surface area contributed by atoms with Gasteiger partial charge in [0, 0.05) is 6.61 Å². The summed E-state index contributed by atoms with van der Waals surface area (Å²) in [6.07, 6.45) is 2.20. The van der Waals surface area contributed by atoms with Gasteiger partial charge in [0.25, 0.3) is 5.91 Å². The van der Waals surface area contributed by atoms with E-state index in [1.165, 1.54) is 0 Å². The van der Waals surface area contributed by atoms with Gasteiger partial charge in [-0.3, -0.25) is 9.63 Å². The average Bonchev–Trinajstić information content (AvgIpc) is 2.96. The Morgan fingerprint density at radius 2 is 2.32 bits per heavy atom. The molecule has 1 fully saturated rings. The molecule has 1 aromatic carbocycles. The maximum absolute atomic E-state index is 11.9. The molecule has 1 amide bonds. The highest BCUT2D eigenvalue weighted by Gasteiger charge is 2.18. The van der Waals surface area contributed by atoms with Gasteiger partial charge in [0.05, 0.1) is 18.3 Å². The predicted molar refractivity (Wildman–Crippen MR) is 70.0 cm³/mol. The van der Waals surface area contributed by atoms with Crippen LogP contribution in [0.3, 0.4) is 0 Å². The number of ether oxygens (including phenoxy) is 2. The first-order valence-electron chi connectivity index (χ1n) is 6.57. The number of amides is 1. The normalized spacial score (nSPS) is 18.3. The molecule has 5 nitrogen and oxygen atoms in total.